The summed E-state index contributed by atoms with van der Waals surface area (Å²) < 4.78 is 7.61. The molecule has 5 heteroatoms. The summed E-state index contributed by atoms with van der Waals surface area (Å²) in [7, 11) is 1.38. The molecule has 4 nitrogen and oxygen atoms in total. The van der Waals surface area contributed by atoms with E-state index < -0.39 is 0 Å². The van der Waals surface area contributed by atoms with Crippen LogP contribution in [0.5, 0.6) is 0 Å². The number of nitrogens with zero attached hydrogens (tertiary/aromatic N) is 2. The molecule has 0 saturated carbocycles. The van der Waals surface area contributed by atoms with Gasteiger partial charge in [-0.2, -0.15) is 0 Å². The molecule has 0 fully saturated rings. The molecule has 3 aromatic rings. The minimum absolute atomic E-state index is 0.359. The zero-order chi connectivity index (χ0) is 12.7. The van der Waals surface area contributed by atoms with Crippen molar-refractivity contribution in [2.45, 2.75) is 0 Å². The number of methoxy groups -OCH3 is 1. The highest BCUT2D eigenvalue weighted by Gasteiger charge is 2.14. The summed E-state index contributed by atoms with van der Waals surface area (Å²) in [6.07, 6.45) is 1.89. The number of para-hydroxylation sites is 1. The molecule has 0 saturated heterocycles. The summed E-state index contributed by atoms with van der Waals surface area (Å²) in [5, 5.41) is 0. The third kappa shape index (κ3) is 1.59. The average Bonchev–Trinajstić information content (AvgIpc) is 2.75. The number of fused-ring (bicyclic) bond motifs is 3. The summed E-state index contributed by atoms with van der Waals surface area (Å²) >= 11 is 3.42. The van der Waals surface area contributed by atoms with E-state index in [1.54, 1.807) is 12.1 Å². The molecule has 2 aromatic heterocycles. The third-order valence-electron chi connectivity index (χ3n) is 2.79. The Morgan fingerprint density at radius 3 is 2.94 bits per heavy atom. The van der Waals surface area contributed by atoms with Gasteiger partial charge in [0, 0.05) is 10.7 Å². The van der Waals surface area contributed by atoms with Crippen molar-refractivity contribution >= 4 is 38.6 Å². The smallest absolute Gasteiger partial charge is 0.340 e. The Balaban J connectivity index is 2.47. The van der Waals surface area contributed by atoms with Gasteiger partial charge in [-0.3, -0.25) is 4.40 Å². The van der Waals surface area contributed by atoms with Gasteiger partial charge < -0.3 is 4.74 Å². The minimum atomic E-state index is -0.359. The average molecular weight is 305 g/mol. The van der Waals surface area contributed by atoms with Crippen molar-refractivity contribution in [2.24, 2.45) is 0 Å². The molecule has 18 heavy (non-hydrogen) atoms. The van der Waals surface area contributed by atoms with Crippen LogP contribution in [0.4, 0.5) is 0 Å². The van der Waals surface area contributed by atoms with Gasteiger partial charge in [-0.05, 0) is 40.2 Å². The van der Waals surface area contributed by atoms with Gasteiger partial charge in [0.2, 0.25) is 0 Å². The second-order valence-electron chi connectivity index (χ2n) is 3.85. The number of benzene rings is 1. The Morgan fingerprint density at radius 2 is 2.17 bits per heavy atom. The second kappa shape index (κ2) is 4.10. The monoisotopic (exact) mass is 304 g/mol. The van der Waals surface area contributed by atoms with Crippen molar-refractivity contribution < 1.29 is 9.53 Å². The highest BCUT2D eigenvalue weighted by atomic mass is 79.9. The summed E-state index contributed by atoms with van der Waals surface area (Å²) in [5.74, 6) is -0.359. The number of carbonyl (C=O) groups excluding carboxylic acids is 1. The number of hydrogen-bond donors (Lipinski definition) is 0. The van der Waals surface area contributed by atoms with E-state index in [0.29, 0.717) is 5.56 Å². The Bertz CT molecular complexity index is 764. The number of carbonyl (C=O) groups is 1. The first kappa shape index (κ1) is 11.2. The van der Waals surface area contributed by atoms with Crippen LogP contribution < -0.4 is 0 Å². The van der Waals surface area contributed by atoms with Crippen molar-refractivity contribution in [3.05, 3.63) is 46.6 Å². The Hall–Kier alpha value is -1.88. The van der Waals surface area contributed by atoms with Crippen LogP contribution in [0.1, 0.15) is 10.4 Å². The lowest BCUT2D eigenvalue weighted by Gasteiger charge is -2.02. The maximum Gasteiger partial charge on any atom is 0.340 e. The molecule has 0 amide bonds. The largest absolute Gasteiger partial charge is 0.465 e. The van der Waals surface area contributed by atoms with E-state index in [1.165, 1.54) is 7.11 Å². The molecule has 0 spiro atoms. The first-order chi connectivity index (χ1) is 8.70. The normalized spacial score (nSPS) is 11.0. The molecule has 2 heterocycles. The van der Waals surface area contributed by atoms with Crippen molar-refractivity contribution in [2.75, 3.05) is 7.11 Å². The van der Waals surface area contributed by atoms with E-state index >= 15 is 0 Å². The fourth-order valence-corrected chi connectivity index (χ4v) is 2.35. The summed E-state index contributed by atoms with van der Waals surface area (Å²) in [5.41, 5.74) is 2.85. The number of imidazole rings is 1. The fraction of sp³-hybridized carbons (Fsp3) is 0.0769. The molecule has 90 valence electrons. The summed E-state index contributed by atoms with van der Waals surface area (Å²) in [6, 6.07) is 9.23. The van der Waals surface area contributed by atoms with Gasteiger partial charge in [0.1, 0.15) is 5.65 Å². The van der Waals surface area contributed by atoms with Crippen molar-refractivity contribution in [3.63, 3.8) is 0 Å². The third-order valence-corrected chi connectivity index (χ3v) is 3.26. The number of esters is 1. The van der Waals surface area contributed by atoms with Gasteiger partial charge in [0.15, 0.2) is 0 Å². The number of pyridine rings is 1. The van der Waals surface area contributed by atoms with Gasteiger partial charge in [-0.25, -0.2) is 9.78 Å². The lowest BCUT2D eigenvalue weighted by atomic mass is 10.2. The van der Waals surface area contributed by atoms with Gasteiger partial charge >= 0.3 is 5.97 Å². The minimum Gasteiger partial charge on any atom is -0.465 e. The van der Waals surface area contributed by atoms with Crippen LogP contribution >= 0.6 is 15.9 Å². The first-order valence-corrected chi connectivity index (χ1v) is 6.14. The van der Waals surface area contributed by atoms with Crippen molar-refractivity contribution in [1.29, 1.82) is 0 Å². The van der Waals surface area contributed by atoms with Crippen LogP contribution in [0.2, 0.25) is 0 Å². The zero-order valence-electron chi connectivity index (χ0n) is 9.55. The molecule has 0 aliphatic rings. The number of hydrogen-bond acceptors (Lipinski definition) is 3. The summed E-state index contributed by atoms with van der Waals surface area (Å²) in [4.78, 5) is 16.2. The second-order valence-corrected chi connectivity index (χ2v) is 4.77. The topological polar surface area (TPSA) is 43.6 Å². The number of rotatable bonds is 1. The van der Waals surface area contributed by atoms with E-state index in [1.807, 2.05) is 28.8 Å². The fourth-order valence-electron chi connectivity index (χ4n) is 2.01. The van der Waals surface area contributed by atoms with Crippen LogP contribution in [0.25, 0.3) is 16.7 Å². The van der Waals surface area contributed by atoms with Crippen LogP contribution in [0, 0.1) is 0 Å². The lowest BCUT2D eigenvalue weighted by Crippen LogP contribution is -2.03. The van der Waals surface area contributed by atoms with Crippen molar-refractivity contribution in [1.82, 2.24) is 9.38 Å². The molecule has 3 rings (SSSR count). The SMILES string of the molecule is COC(=O)c1cccc2nc3ccc(Br)cn3c12. The standard InChI is InChI=1S/C13H9BrN2O2/c1-18-13(17)9-3-2-4-10-12(9)16-7-8(14)5-6-11(16)15-10/h2-7H,1H3. The van der Waals surface area contributed by atoms with Crippen molar-refractivity contribution in [3.8, 4) is 0 Å². The first-order valence-electron chi connectivity index (χ1n) is 5.35. The van der Waals surface area contributed by atoms with E-state index in [2.05, 4.69) is 20.9 Å². The maximum absolute atomic E-state index is 11.8. The number of ether oxygens (including phenoxy) is 1. The Labute approximate surface area is 111 Å². The maximum atomic E-state index is 11.8. The van der Waals surface area contributed by atoms with Gasteiger partial charge in [0.05, 0.1) is 23.7 Å². The van der Waals surface area contributed by atoms with Crippen LogP contribution in [0.3, 0.4) is 0 Å². The quantitative estimate of drug-likeness (QED) is 0.649. The number of aromatic nitrogens is 2. The van der Waals surface area contributed by atoms with Crippen LogP contribution in [0.15, 0.2) is 41.0 Å². The molecular weight excluding hydrogens is 296 g/mol. The number of halogens is 1. The molecule has 0 aliphatic heterocycles. The molecular formula is C13H9BrN2O2. The predicted molar refractivity (Wildman–Crippen MR) is 71.7 cm³/mol. The highest BCUT2D eigenvalue weighted by molar-refractivity contribution is 9.10. The van der Waals surface area contributed by atoms with E-state index in [-0.39, 0.29) is 5.97 Å². The van der Waals surface area contributed by atoms with Crippen LogP contribution in [-0.4, -0.2) is 22.5 Å². The zero-order valence-corrected chi connectivity index (χ0v) is 11.1. The van der Waals surface area contributed by atoms with Gasteiger partial charge in [0.25, 0.3) is 0 Å². The Kier molecular flexibility index (Phi) is 2.56. The molecule has 0 atom stereocenters. The Morgan fingerprint density at radius 1 is 1.33 bits per heavy atom. The van der Waals surface area contributed by atoms with E-state index in [9.17, 15) is 4.79 Å². The lowest BCUT2D eigenvalue weighted by molar-refractivity contribution is 0.0602. The molecule has 0 unspecified atom stereocenters. The predicted octanol–water partition coefficient (Wildman–Crippen LogP) is 3.04. The molecule has 0 N–H and O–H groups in total. The van der Waals surface area contributed by atoms with E-state index in [4.69, 9.17) is 4.74 Å². The molecule has 0 aliphatic carbocycles. The van der Waals surface area contributed by atoms with E-state index in [0.717, 1.165) is 21.2 Å². The molecule has 1 aromatic carbocycles. The van der Waals surface area contributed by atoms with Gasteiger partial charge in [-0.15, -0.1) is 0 Å². The van der Waals surface area contributed by atoms with Gasteiger partial charge in [-0.1, -0.05) is 6.07 Å². The summed E-state index contributed by atoms with van der Waals surface area (Å²) in [6.45, 7) is 0. The molecule has 0 radical (unpaired) electrons. The highest BCUT2D eigenvalue weighted by Crippen LogP contribution is 2.23. The molecule has 0 bridgehead atoms. The van der Waals surface area contributed by atoms with Crippen LogP contribution in [-0.2, 0) is 4.74 Å².